The molecule has 0 atom stereocenters. The Balaban J connectivity index is 1.41. The van der Waals surface area contributed by atoms with Crippen LogP contribution in [0, 0.1) is 0 Å². The van der Waals surface area contributed by atoms with Crippen molar-refractivity contribution in [2.45, 2.75) is 4.90 Å². The van der Waals surface area contributed by atoms with Crippen LogP contribution in [0.15, 0.2) is 88.9 Å². The molecule has 0 radical (unpaired) electrons. The van der Waals surface area contributed by atoms with E-state index in [9.17, 15) is 13.2 Å². The minimum Gasteiger partial charge on any atom is -0.457 e. The topological polar surface area (TPSA) is 97.3 Å². The molecular formula is C24H23N3O5S. The first-order valence-electron chi connectivity index (χ1n) is 10.4. The van der Waals surface area contributed by atoms with Crippen LogP contribution in [0.2, 0.25) is 0 Å². The van der Waals surface area contributed by atoms with Gasteiger partial charge >= 0.3 is 0 Å². The van der Waals surface area contributed by atoms with Crippen LogP contribution < -0.4 is 10.2 Å². The van der Waals surface area contributed by atoms with Gasteiger partial charge < -0.3 is 9.47 Å². The molecule has 1 aliphatic rings. The van der Waals surface area contributed by atoms with Crippen LogP contribution in [-0.4, -0.2) is 51.1 Å². The number of carbonyl (C=O) groups excluding carboxylic acids is 1. The molecule has 3 aromatic carbocycles. The highest BCUT2D eigenvalue weighted by molar-refractivity contribution is 7.89. The average Bonchev–Trinajstić information content (AvgIpc) is 2.85. The maximum absolute atomic E-state index is 12.8. The number of hydrogen-bond acceptors (Lipinski definition) is 6. The third-order valence-electron chi connectivity index (χ3n) is 4.92. The maximum atomic E-state index is 12.8. The highest BCUT2D eigenvalue weighted by atomic mass is 32.2. The lowest BCUT2D eigenvalue weighted by Crippen LogP contribution is -2.40. The predicted octanol–water partition coefficient (Wildman–Crippen LogP) is 3.26. The number of ether oxygens (including phenoxy) is 2. The highest BCUT2D eigenvalue weighted by Crippen LogP contribution is 2.21. The van der Waals surface area contributed by atoms with Gasteiger partial charge in [0.15, 0.2) is 0 Å². The Bertz CT molecular complexity index is 1240. The number of benzene rings is 3. The molecule has 1 amide bonds. The number of para-hydroxylation sites is 1. The van der Waals surface area contributed by atoms with Crippen LogP contribution >= 0.6 is 0 Å². The van der Waals surface area contributed by atoms with E-state index in [0.29, 0.717) is 24.7 Å². The quantitative estimate of drug-likeness (QED) is 0.427. The lowest BCUT2D eigenvalue weighted by Gasteiger charge is -2.26. The van der Waals surface area contributed by atoms with Crippen molar-refractivity contribution >= 4 is 22.1 Å². The summed E-state index contributed by atoms with van der Waals surface area (Å²) in [4.78, 5) is 12.6. The van der Waals surface area contributed by atoms with Crippen molar-refractivity contribution in [2.24, 2.45) is 5.10 Å². The van der Waals surface area contributed by atoms with Gasteiger partial charge in [0.2, 0.25) is 10.0 Å². The van der Waals surface area contributed by atoms with Gasteiger partial charge in [-0.05, 0) is 48.0 Å². The Kier molecular flexibility index (Phi) is 7.13. The van der Waals surface area contributed by atoms with E-state index in [2.05, 4.69) is 10.5 Å². The second kappa shape index (κ2) is 10.4. The van der Waals surface area contributed by atoms with E-state index in [1.165, 1.54) is 34.8 Å². The average molecular weight is 466 g/mol. The van der Waals surface area contributed by atoms with Crippen LogP contribution in [0.4, 0.5) is 0 Å². The molecule has 0 spiro atoms. The summed E-state index contributed by atoms with van der Waals surface area (Å²) < 4.78 is 38.0. The van der Waals surface area contributed by atoms with E-state index in [1.807, 2.05) is 48.5 Å². The molecule has 170 valence electrons. The number of nitrogens with zero attached hydrogens (tertiary/aromatic N) is 2. The van der Waals surface area contributed by atoms with E-state index in [-0.39, 0.29) is 23.5 Å². The van der Waals surface area contributed by atoms with Crippen LogP contribution in [0.3, 0.4) is 0 Å². The van der Waals surface area contributed by atoms with Crippen molar-refractivity contribution in [2.75, 3.05) is 26.3 Å². The smallest absolute Gasteiger partial charge is 0.271 e. The Morgan fingerprint density at radius 2 is 1.67 bits per heavy atom. The van der Waals surface area contributed by atoms with E-state index >= 15 is 0 Å². The van der Waals surface area contributed by atoms with Crippen LogP contribution in [-0.2, 0) is 14.8 Å². The van der Waals surface area contributed by atoms with Gasteiger partial charge in [-0.3, -0.25) is 4.79 Å². The van der Waals surface area contributed by atoms with Gasteiger partial charge in [0.1, 0.15) is 11.5 Å². The van der Waals surface area contributed by atoms with E-state index in [4.69, 9.17) is 9.47 Å². The summed E-state index contributed by atoms with van der Waals surface area (Å²) in [7, 11) is -3.69. The fourth-order valence-corrected chi connectivity index (χ4v) is 4.70. The summed E-state index contributed by atoms with van der Waals surface area (Å²) >= 11 is 0. The Morgan fingerprint density at radius 1 is 0.939 bits per heavy atom. The van der Waals surface area contributed by atoms with Gasteiger partial charge in [-0.1, -0.05) is 36.4 Å². The molecule has 33 heavy (non-hydrogen) atoms. The Hall–Kier alpha value is -3.53. The lowest BCUT2D eigenvalue weighted by molar-refractivity contribution is 0.0730. The molecule has 0 aliphatic carbocycles. The number of carbonyl (C=O) groups is 1. The number of amides is 1. The zero-order valence-electron chi connectivity index (χ0n) is 17.8. The first-order valence-corrected chi connectivity index (χ1v) is 11.8. The van der Waals surface area contributed by atoms with Crippen molar-refractivity contribution in [3.05, 3.63) is 90.0 Å². The molecule has 0 saturated carbocycles. The molecule has 3 aromatic rings. The number of sulfonamides is 1. The molecule has 0 aromatic heterocycles. The van der Waals surface area contributed by atoms with Crippen molar-refractivity contribution < 1.29 is 22.7 Å². The number of hydrazone groups is 1. The maximum Gasteiger partial charge on any atom is 0.271 e. The SMILES string of the molecule is O=C(N/N=C/c1cccc(Oc2ccccc2)c1)c1cccc(S(=O)(=O)N2CCOCC2)c1. The van der Waals surface area contributed by atoms with Crippen molar-refractivity contribution in [3.63, 3.8) is 0 Å². The van der Waals surface area contributed by atoms with Gasteiger partial charge in [-0.15, -0.1) is 0 Å². The minimum atomic E-state index is -3.69. The van der Waals surface area contributed by atoms with Crippen molar-refractivity contribution in [1.29, 1.82) is 0 Å². The van der Waals surface area contributed by atoms with Gasteiger partial charge in [0.05, 0.1) is 24.3 Å². The Labute approximate surface area is 192 Å². The molecule has 8 nitrogen and oxygen atoms in total. The van der Waals surface area contributed by atoms with E-state index in [0.717, 1.165) is 5.56 Å². The van der Waals surface area contributed by atoms with Gasteiger partial charge in [-0.25, -0.2) is 13.8 Å². The number of nitrogens with one attached hydrogen (secondary N) is 1. The molecule has 1 saturated heterocycles. The number of hydrogen-bond donors (Lipinski definition) is 1. The molecule has 1 heterocycles. The molecular weight excluding hydrogens is 442 g/mol. The van der Waals surface area contributed by atoms with Gasteiger partial charge in [0, 0.05) is 18.7 Å². The fraction of sp³-hybridized carbons (Fsp3) is 0.167. The molecule has 0 bridgehead atoms. The van der Waals surface area contributed by atoms with E-state index in [1.54, 1.807) is 6.07 Å². The van der Waals surface area contributed by atoms with Crippen molar-refractivity contribution in [3.8, 4) is 11.5 Å². The van der Waals surface area contributed by atoms with Crippen LogP contribution in [0.1, 0.15) is 15.9 Å². The van der Waals surface area contributed by atoms with Gasteiger partial charge in [0.25, 0.3) is 5.91 Å². The first-order chi connectivity index (χ1) is 16.0. The summed E-state index contributed by atoms with van der Waals surface area (Å²) in [6, 6.07) is 22.6. The van der Waals surface area contributed by atoms with Crippen molar-refractivity contribution in [1.82, 2.24) is 9.73 Å². The first kappa shape index (κ1) is 22.7. The zero-order valence-corrected chi connectivity index (χ0v) is 18.6. The van der Waals surface area contributed by atoms with Crippen LogP contribution in [0.5, 0.6) is 11.5 Å². The third-order valence-corrected chi connectivity index (χ3v) is 6.82. The number of morpholine rings is 1. The zero-order chi connectivity index (χ0) is 23.1. The molecule has 0 unspecified atom stereocenters. The molecule has 4 rings (SSSR count). The highest BCUT2D eigenvalue weighted by Gasteiger charge is 2.26. The summed E-state index contributed by atoms with van der Waals surface area (Å²) in [6.07, 6.45) is 1.49. The molecule has 1 N–H and O–H groups in total. The van der Waals surface area contributed by atoms with E-state index < -0.39 is 15.9 Å². The molecule has 9 heteroatoms. The lowest BCUT2D eigenvalue weighted by atomic mass is 10.2. The summed E-state index contributed by atoms with van der Waals surface area (Å²) in [6.45, 7) is 1.28. The summed E-state index contributed by atoms with van der Waals surface area (Å²) in [5.41, 5.74) is 3.36. The minimum absolute atomic E-state index is 0.0618. The fourth-order valence-electron chi connectivity index (χ4n) is 3.25. The second-order valence-corrected chi connectivity index (χ2v) is 9.17. The van der Waals surface area contributed by atoms with Gasteiger partial charge in [-0.2, -0.15) is 9.41 Å². The van der Waals surface area contributed by atoms with Crippen LogP contribution in [0.25, 0.3) is 0 Å². The predicted molar refractivity (Wildman–Crippen MR) is 124 cm³/mol. The molecule has 1 fully saturated rings. The second-order valence-electron chi connectivity index (χ2n) is 7.23. The molecule has 1 aliphatic heterocycles. The monoisotopic (exact) mass is 465 g/mol. The summed E-state index contributed by atoms with van der Waals surface area (Å²) in [5, 5.41) is 3.99. The largest absolute Gasteiger partial charge is 0.457 e. The Morgan fingerprint density at radius 3 is 2.45 bits per heavy atom. The summed E-state index contributed by atoms with van der Waals surface area (Å²) in [5.74, 6) is 0.839. The standard InChI is InChI=1S/C24H23N3O5S/c28-24(20-7-5-11-23(17-20)33(29,30)27-12-14-31-15-13-27)26-25-18-19-6-4-10-22(16-19)32-21-8-2-1-3-9-21/h1-11,16-18H,12-15H2,(H,26,28)/b25-18+. The third kappa shape index (κ3) is 5.83. The normalized spacial score (nSPS) is 14.8. The number of rotatable bonds is 7.